The molecule has 0 atom stereocenters. The summed E-state index contributed by atoms with van der Waals surface area (Å²) in [6.07, 6.45) is 0.850. The minimum atomic E-state index is -0.0259. The van der Waals surface area contributed by atoms with Gasteiger partial charge >= 0.3 is 0 Å². The minimum absolute atomic E-state index is 0. The molecule has 158 valence electrons. The number of benzene rings is 1. The Hall–Kier alpha value is -1.10. The van der Waals surface area contributed by atoms with Gasteiger partial charge < -0.3 is 20.3 Å². The van der Waals surface area contributed by atoms with E-state index >= 15 is 0 Å². The smallest absolute Gasteiger partial charge is 0.243 e. The maximum atomic E-state index is 11.8. The van der Waals surface area contributed by atoms with E-state index in [0.717, 1.165) is 57.4 Å². The molecule has 1 aromatic carbocycles. The molecule has 1 aliphatic heterocycles. The number of nitrogens with one attached hydrogen (secondary N) is 2. The van der Waals surface area contributed by atoms with Crippen LogP contribution in [-0.4, -0.2) is 88.2 Å². The molecule has 1 heterocycles. The maximum Gasteiger partial charge on any atom is 0.243 e. The number of carbonyl (C=O) groups excluding carboxylic acids is 1. The van der Waals surface area contributed by atoms with E-state index in [2.05, 4.69) is 20.5 Å². The Labute approximate surface area is 189 Å². The Bertz CT molecular complexity index is 607. The first-order valence-corrected chi connectivity index (χ1v) is 9.69. The number of halogens is 2. The average Bonchev–Trinajstić information content (AvgIpc) is 2.67. The van der Waals surface area contributed by atoms with Gasteiger partial charge in [-0.1, -0.05) is 23.7 Å². The molecule has 0 aliphatic carbocycles. The van der Waals surface area contributed by atoms with E-state index in [1.807, 2.05) is 24.3 Å². The van der Waals surface area contributed by atoms with Crippen molar-refractivity contribution in [2.75, 3.05) is 66.6 Å². The Morgan fingerprint density at radius 3 is 2.46 bits per heavy atom. The van der Waals surface area contributed by atoms with Crippen LogP contribution in [0, 0.1) is 0 Å². The summed E-state index contributed by atoms with van der Waals surface area (Å²) in [5.74, 6) is 0.634. The molecule has 0 radical (unpaired) electrons. The molecular formula is C19H31ClIN5O2. The second-order valence-electron chi connectivity index (χ2n) is 6.64. The number of morpholine rings is 1. The maximum absolute atomic E-state index is 11.8. The predicted molar refractivity (Wildman–Crippen MR) is 125 cm³/mol. The quantitative estimate of drug-likeness (QED) is 0.307. The molecule has 0 saturated carbocycles. The Kier molecular flexibility index (Phi) is 12.4. The van der Waals surface area contributed by atoms with Gasteiger partial charge in [0.15, 0.2) is 5.96 Å². The first-order chi connectivity index (χ1) is 13.0. The highest BCUT2D eigenvalue weighted by Crippen LogP contribution is 2.09. The zero-order valence-electron chi connectivity index (χ0n) is 16.6. The number of ether oxygens (including phenoxy) is 1. The molecule has 2 N–H and O–H groups in total. The summed E-state index contributed by atoms with van der Waals surface area (Å²) in [7, 11) is 3.47. The summed E-state index contributed by atoms with van der Waals surface area (Å²) in [6, 6.07) is 7.81. The molecule has 0 spiro atoms. The van der Waals surface area contributed by atoms with Crippen molar-refractivity contribution in [2.45, 2.75) is 6.42 Å². The fraction of sp³-hybridized carbons (Fsp3) is 0.579. The molecule has 1 aromatic rings. The summed E-state index contributed by atoms with van der Waals surface area (Å²) in [6.45, 7) is 6.03. The molecule has 1 amide bonds. The number of aliphatic imine (C=N–C) groups is 1. The summed E-state index contributed by atoms with van der Waals surface area (Å²) >= 11 is 5.92. The van der Waals surface area contributed by atoms with Crippen LogP contribution >= 0.6 is 35.6 Å². The predicted octanol–water partition coefficient (Wildman–Crippen LogP) is 1.46. The van der Waals surface area contributed by atoms with E-state index in [9.17, 15) is 4.79 Å². The third-order valence-electron chi connectivity index (χ3n) is 4.31. The van der Waals surface area contributed by atoms with E-state index in [4.69, 9.17) is 16.3 Å². The zero-order chi connectivity index (χ0) is 19.5. The van der Waals surface area contributed by atoms with Crippen molar-refractivity contribution in [2.24, 2.45) is 4.99 Å². The second kappa shape index (κ2) is 14.0. The van der Waals surface area contributed by atoms with Gasteiger partial charge in [-0.2, -0.15) is 0 Å². The number of nitrogens with zero attached hydrogens (tertiary/aromatic N) is 3. The molecule has 0 unspecified atom stereocenters. The van der Waals surface area contributed by atoms with E-state index in [-0.39, 0.29) is 36.4 Å². The Morgan fingerprint density at radius 2 is 1.82 bits per heavy atom. The monoisotopic (exact) mass is 523 g/mol. The molecular weight excluding hydrogens is 493 g/mol. The van der Waals surface area contributed by atoms with Crippen molar-refractivity contribution < 1.29 is 9.53 Å². The van der Waals surface area contributed by atoms with Crippen LogP contribution in [-0.2, 0) is 16.0 Å². The lowest BCUT2D eigenvalue weighted by Gasteiger charge is -2.26. The molecule has 0 aromatic heterocycles. The first-order valence-electron chi connectivity index (χ1n) is 9.31. The van der Waals surface area contributed by atoms with Gasteiger partial charge in [0.25, 0.3) is 0 Å². The number of hydrogen-bond acceptors (Lipinski definition) is 4. The summed E-state index contributed by atoms with van der Waals surface area (Å²) in [4.78, 5) is 20.1. The summed E-state index contributed by atoms with van der Waals surface area (Å²) in [5, 5.41) is 7.37. The second-order valence-corrected chi connectivity index (χ2v) is 7.07. The molecule has 9 heteroatoms. The SMILES string of the molecule is CN(C)C(=O)CN=C(NCCc1ccc(Cl)cc1)NCCN1CCOCC1.I. The van der Waals surface area contributed by atoms with Gasteiger partial charge in [0.1, 0.15) is 6.54 Å². The van der Waals surface area contributed by atoms with E-state index in [0.29, 0.717) is 5.96 Å². The lowest BCUT2D eigenvalue weighted by molar-refractivity contribution is -0.127. The van der Waals surface area contributed by atoms with Gasteiger partial charge in [0.2, 0.25) is 5.91 Å². The lowest BCUT2D eigenvalue weighted by Crippen LogP contribution is -2.45. The number of amides is 1. The molecule has 7 nitrogen and oxygen atoms in total. The van der Waals surface area contributed by atoms with Gasteiger partial charge in [-0.25, -0.2) is 4.99 Å². The molecule has 28 heavy (non-hydrogen) atoms. The first kappa shape index (κ1) is 24.9. The van der Waals surface area contributed by atoms with Crippen LogP contribution in [0.5, 0.6) is 0 Å². The molecule has 1 fully saturated rings. The highest BCUT2D eigenvalue weighted by atomic mass is 127. The third kappa shape index (κ3) is 9.90. The van der Waals surface area contributed by atoms with Crippen LogP contribution < -0.4 is 10.6 Å². The molecule has 1 aliphatic rings. The van der Waals surface area contributed by atoms with Crippen molar-refractivity contribution in [3.8, 4) is 0 Å². The third-order valence-corrected chi connectivity index (χ3v) is 4.57. The van der Waals surface area contributed by atoms with Crippen LogP contribution in [0.1, 0.15) is 5.56 Å². The van der Waals surface area contributed by atoms with Gasteiger partial charge in [0, 0.05) is 51.8 Å². The number of likely N-dealkylation sites (N-methyl/N-ethyl adjacent to an activating group) is 1. The summed E-state index contributed by atoms with van der Waals surface area (Å²) in [5.41, 5.74) is 1.20. The molecule has 1 saturated heterocycles. The van der Waals surface area contributed by atoms with Gasteiger partial charge in [-0.05, 0) is 24.1 Å². The van der Waals surface area contributed by atoms with Crippen molar-refractivity contribution in [1.29, 1.82) is 0 Å². The van der Waals surface area contributed by atoms with E-state index in [1.54, 1.807) is 19.0 Å². The minimum Gasteiger partial charge on any atom is -0.379 e. The van der Waals surface area contributed by atoms with Crippen molar-refractivity contribution >= 4 is 47.4 Å². The highest BCUT2D eigenvalue weighted by molar-refractivity contribution is 14.0. The number of hydrogen-bond donors (Lipinski definition) is 2. The van der Waals surface area contributed by atoms with Crippen LogP contribution in [0.25, 0.3) is 0 Å². The number of carbonyl (C=O) groups is 1. The normalized spacial score (nSPS) is 14.9. The molecule has 2 rings (SSSR count). The fourth-order valence-corrected chi connectivity index (χ4v) is 2.72. The van der Waals surface area contributed by atoms with E-state index in [1.165, 1.54) is 5.56 Å². The van der Waals surface area contributed by atoms with Gasteiger partial charge in [-0.15, -0.1) is 24.0 Å². The lowest BCUT2D eigenvalue weighted by atomic mass is 10.1. The number of guanidine groups is 1. The Morgan fingerprint density at radius 1 is 1.18 bits per heavy atom. The van der Waals surface area contributed by atoms with Crippen molar-refractivity contribution in [3.05, 3.63) is 34.9 Å². The highest BCUT2D eigenvalue weighted by Gasteiger charge is 2.10. The van der Waals surface area contributed by atoms with Crippen LogP contribution in [0.15, 0.2) is 29.3 Å². The van der Waals surface area contributed by atoms with Crippen molar-refractivity contribution in [3.63, 3.8) is 0 Å². The van der Waals surface area contributed by atoms with Crippen LogP contribution in [0.2, 0.25) is 5.02 Å². The van der Waals surface area contributed by atoms with E-state index < -0.39 is 0 Å². The largest absolute Gasteiger partial charge is 0.379 e. The van der Waals surface area contributed by atoms with Gasteiger partial charge in [-0.3, -0.25) is 9.69 Å². The summed E-state index contributed by atoms with van der Waals surface area (Å²) < 4.78 is 5.37. The number of rotatable bonds is 8. The molecule has 0 bridgehead atoms. The Balaban J connectivity index is 0.00000392. The average molecular weight is 524 g/mol. The fourth-order valence-electron chi connectivity index (χ4n) is 2.60. The standard InChI is InChI=1S/C19H30ClN5O2.HI/c1-24(2)18(26)15-23-19(22-9-10-25-11-13-27-14-12-25)21-8-7-16-3-5-17(20)6-4-16;/h3-6H,7-15H2,1-2H3,(H2,21,22,23);1H. The van der Waals surface area contributed by atoms with Crippen LogP contribution in [0.3, 0.4) is 0 Å². The van der Waals surface area contributed by atoms with Crippen LogP contribution in [0.4, 0.5) is 0 Å². The van der Waals surface area contributed by atoms with Crippen molar-refractivity contribution in [1.82, 2.24) is 20.4 Å². The topological polar surface area (TPSA) is 69.2 Å². The van der Waals surface area contributed by atoms with Gasteiger partial charge in [0.05, 0.1) is 13.2 Å². The zero-order valence-corrected chi connectivity index (χ0v) is 19.7.